The average molecular weight is 465 g/mol. The van der Waals surface area contributed by atoms with Crippen molar-refractivity contribution < 1.29 is 9.53 Å². The molecular formula is C26H32N4O2S. The van der Waals surface area contributed by atoms with Gasteiger partial charge in [-0.15, -0.1) is 11.3 Å². The Labute approximate surface area is 199 Å². The first kappa shape index (κ1) is 22.3. The van der Waals surface area contributed by atoms with Gasteiger partial charge in [0.25, 0.3) is 0 Å². The van der Waals surface area contributed by atoms with Crippen LogP contribution in [0.4, 0.5) is 5.13 Å². The van der Waals surface area contributed by atoms with Crippen molar-refractivity contribution >= 4 is 27.9 Å². The second-order valence-electron chi connectivity index (χ2n) is 9.20. The Kier molecular flexibility index (Phi) is 6.90. The van der Waals surface area contributed by atoms with Gasteiger partial charge in [0.2, 0.25) is 5.91 Å². The van der Waals surface area contributed by atoms with Crippen LogP contribution < -0.4 is 15.4 Å². The van der Waals surface area contributed by atoms with E-state index in [1.165, 1.54) is 16.9 Å². The van der Waals surface area contributed by atoms with E-state index < -0.39 is 0 Å². The van der Waals surface area contributed by atoms with Crippen LogP contribution in [0.5, 0.6) is 5.75 Å². The minimum atomic E-state index is -0.0594. The second kappa shape index (κ2) is 10.2. The molecule has 2 N–H and O–H groups in total. The molecule has 2 aromatic rings. The van der Waals surface area contributed by atoms with Gasteiger partial charge in [0, 0.05) is 38.1 Å². The van der Waals surface area contributed by atoms with Crippen LogP contribution in [0.1, 0.15) is 24.6 Å². The zero-order valence-electron chi connectivity index (χ0n) is 19.1. The number of hydrogen-bond donors (Lipinski definition) is 2. The third kappa shape index (κ3) is 5.72. The maximum atomic E-state index is 12.6. The highest BCUT2D eigenvalue weighted by molar-refractivity contribution is 7.14. The van der Waals surface area contributed by atoms with E-state index in [1.54, 1.807) is 0 Å². The minimum absolute atomic E-state index is 0.0594. The summed E-state index contributed by atoms with van der Waals surface area (Å²) in [6.45, 7) is 8.40. The molecule has 1 aromatic carbocycles. The number of hydrogen-bond acceptors (Lipinski definition) is 6. The van der Waals surface area contributed by atoms with Gasteiger partial charge in [-0.2, -0.15) is 0 Å². The van der Waals surface area contributed by atoms with Gasteiger partial charge in [-0.05, 0) is 47.4 Å². The van der Waals surface area contributed by atoms with E-state index in [1.807, 2.05) is 29.6 Å². The summed E-state index contributed by atoms with van der Waals surface area (Å²) in [5.74, 6) is 2.86. The number of amides is 1. The first-order chi connectivity index (χ1) is 16.2. The van der Waals surface area contributed by atoms with Gasteiger partial charge >= 0.3 is 0 Å². The number of ether oxygens (including phenoxy) is 1. The Bertz CT molecular complexity index is 1040. The number of benzene rings is 1. The number of thiazole rings is 1. The van der Waals surface area contributed by atoms with Gasteiger partial charge in [0.1, 0.15) is 5.75 Å². The zero-order chi connectivity index (χ0) is 22.6. The number of carbonyl (C=O) groups is 1. The van der Waals surface area contributed by atoms with Crippen molar-refractivity contribution in [3.05, 3.63) is 59.1 Å². The lowest BCUT2D eigenvalue weighted by atomic mass is 10.1. The highest BCUT2D eigenvalue weighted by Crippen LogP contribution is 2.51. The monoisotopic (exact) mass is 464 g/mol. The highest BCUT2D eigenvalue weighted by Gasteiger charge is 2.44. The van der Waals surface area contributed by atoms with Crippen LogP contribution in [0.25, 0.3) is 5.57 Å². The van der Waals surface area contributed by atoms with E-state index in [9.17, 15) is 4.79 Å². The molecule has 1 saturated carbocycles. The van der Waals surface area contributed by atoms with Crippen molar-refractivity contribution in [3.63, 3.8) is 0 Å². The number of nitrogens with one attached hydrogen (secondary N) is 2. The van der Waals surface area contributed by atoms with E-state index in [0.717, 1.165) is 62.1 Å². The first-order valence-corrected chi connectivity index (χ1v) is 12.8. The largest absolute Gasteiger partial charge is 0.494 e. The van der Waals surface area contributed by atoms with Crippen molar-refractivity contribution in [3.8, 4) is 5.75 Å². The van der Waals surface area contributed by atoms with E-state index in [-0.39, 0.29) is 5.91 Å². The molecule has 3 aliphatic rings. The molecular weight excluding hydrogens is 432 g/mol. The Hall–Kier alpha value is -2.48. The highest BCUT2D eigenvalue weighted by atomic mass is 32.1. The quantitative estimate of drug-likeness (QED) is 0.552. The van der Waals surface area contributed by atoms with Crippen molar-refractivity contribution in [2.45, 2.75) is 19.8 Å². The molecule has 174 valence electrons. The number of piperazine rings is 1. The molecule has 6 nitrogen and oxygen atoms in total. The van der Waals surface area contributed by atoms with Crippen LogP contribution in [-0.2, 0) is 11.2 Å². The Morgan fingerprint density at radius 3 is 3.03 bits per heavy atom. The summed E-state index contributed by atoms with van der Waals surface area (Å²) in [6.07, 6.45) is 8.09. The van der Waals surface area contributed by atoms with Gasteiger partial charge in [-0.25, -0.2) is 4.98 Å². The smallest absolute Gasteiger partial charge is 0.230 e. The summed E-state index contributed by atoms with van der Waals surface area (Å²) >= 11 is 1.48. The summed E-state index contributed by atoms with van der Waals surface area (Å²) in [4.78, 5) is 19.7. The fourth-order valence-corrected chi connectivity index (χ4v) is 5.45. The van der Waals surface area contributed by atoms with Crippen LogP contribution in [-0.4, -0.2) is 55.1 Å². The van der Waals surface area contributed by atoms with Crippen molar-refractivity contribution in [2.24, 2.45) is 17.8 Å². The molecule has 33 heavy (non-hydrogen) atoms. The molecule has 5 rings (SSSR count). The number of allylic oxidation sites excluding steroid dienone is 4. The first-order valence-electron chi connectivity index (χ1n) is 12.0. The molecule has 0 radical (unpaired) electrons. The Morgan fingerprint density at radius 1 is 1.30 bits per heavy atom. The molecule has 3 unspecified atom stereocenters. The molecule has 1 aliphatic heterocycles. The molecule has 0 spiro atoms. The number of anilines is 1. The number of rotatable bonds is 9. The number of fused-ring (bicyclic) bond motifs is 1. The maximum absolute atomic E-state index is 12.6. The van der Waals surface area contributed by atoms with Gasteiger partial charge in [0.15, 0.2) is 5.13 Å². The summed E-state index contributed by atoms with van der Waals surface area (Å²) in [7, 11) is 0. The van der Waals surface area contributed by atoms with Gasteiger partial charge < -0.3 is 20.3 Å². The topological polar surface area (TPSA) is 66.5 Å². The van der Waals surface area contributed by atoms with Crippen LogP contribution in [0.15, 0.2) is 47.9 Å². The summed E-state index contributed by atoms with van der Waals surface area (Å²) in [5, 5.41) is 9.00. The normalized spacial score (nSPS) is 24.2. The lowest BCUT2D eigenvalue weighted by molar-refractivity contribution is -0.115. The zero-order valence-corrected chi connectivity index (χ0v) is 19.9. The van der Waals surface area contributed by atoms with E-state index in [2.05, 4.69) is 45.7 Å². The predicted molar refractivity (Wildman–Crippen MR) is 134 cm³/mol. The van der Waals surface area contributed by atoms with Crippen molar-refractivity contribution in [2.75, 3.05) is 44.6 Å². The standard InChI is InChI=1S/C26H32N4O2S/c1-18-22-7-6-20(16-23(18)22)24-17-33-26(28-24)29-25(31)15-19-4-2-5-21(14-19)32-13-3-10-30-11-8-27-9-12-30/h2,4-7,14,16-18,22-23,27H,3,8-13,15H2,1H3,(H,28,29,31). The fourth-order valence-electron chi connectivity index (χ4n) is 4.71. The van der Waals surface area contributed by atoms with E-state index in [4.69, 9.17) is 4.74 Å². The van der Waals surface area contributed by atoms with Crippen molar-refractivity contribution in [1.29, 1.82) is 0 Å². The van der Waals surface area contributed by atoms with Gasteiger partial charge in [0.05, 0.1) is 18.7 Å². The molecule has 1 saturated heterocycles. The van der Waals surface area contributed by atoms with Crippen molar-refractivity contribution in [1.82, 2.24) is 15.2 Å². The van der Waals surface area contributed by atoms with Crippen LogP contribution in [0, 0.1) is 17.8 Å². The third-order valence-corrected chi connectivity index (χ3v) is 7.55. The second-order valence-corrected chi connectivity index (χ2v) is 10.1. The summed E-state index contributed by atoms with van der Waals surface area (Å²) < 4.78 is 5.93. The van der Waals surface area contributed by atoms with Crippen LogP contribution >= 0.6 is 11.3 Å². The summed E-state index contributed by atoms with van der Waals surface area (Å²) in [6, 6.07) is 7.83. The molecule has 2 fully saturated rings. The molecule has 0 bridgehead atoms. The summed E-state index contributed by atoms with van der Waals surface area (Å²) in [5.41, 5.74) is 3.05. The van der Waals surface area contributed by atoms with E-state index in [0.29, 0.717) is 30.0 Å². The molecule has 7 heteroatoms. The third-order valence-electron chi connectivity index (χ3n) is 6.79. The number of aromatic nitrogens is 1. The predicted octanol–water partition coefficient (Wildman–Crippen LogP) is 3.83. The molecule has 1 amide bonds. The maximum Gasteiger partial charge on any atom is 0.230 e. The Balaban J connectivity index is 1.08. The molecule has 2 aliphatic carbocycles. The Morgan fingerprint density at radius 2 is 2.18 bits per heavy atom. The minimum Gasteiger partial charge on any atom is -0.494 e. The average Bonchev–Trinajstić information content (AvgIpc) is 3.24. The van der Waals surface area contributed by atoms with Crippen LogP contribution in [0.2, 0.25) is 0 Å². The van der Waals surface area contributed by atoms with Gasteiger partial charge in [-0.1, -0.05) is 37.3 Å². The van der Waals surface area contributed by atoms with E-state index >= 15 is 0 Å². The lowest BCUT2D eigenvalue weighted by Crippen LogP contribution is -2.43. The molecule has 3 atom stereocenters. The van der Waals surface area contributed by atoms with Crippen LogP contribution in [0.3, 0.4) is 0 Å². The van der Waals surface area contributed by atoms with Gasteiger partial charge in [-0.3, -0.25) is 4.79 Å². The molecule has 2 heterocycles. The SMILES string of the molecule is CC1C2C=CC(c3csc(NC(=O)Cc4cccc(OCCCN5CCNCC5)c4)n3)=CC12. The lowest BCUT2D eigenvalue weighted by Gasteiger charge is -2.26. The number of nitrogens with zero attached hydrogens (tertiary/aromatic N) is 2. The molecule has 1 aromatic heterocycles. The fraction of sp³-hybridized carbons (Fsp3) is 0.462. The number of carbonyl (C=O) groups excluding carboxylic acids is 1.